The van der Waals surface area contributed by atoms with Gasteiger partial charge >= 0.3 is 0 Å². The Kier molecular flexibility index (Phi) is 7.57. The Hall–Kier alpha value is -2.55. The van der Waals surface area contributed by atoms with Crippen molar-refractivity contribution in [1.29, 1.82) is 0 Å². The minimum absolute atomic E-state index is 0.00912. The highest BCUT2D eigenvalue weighted by Gasteiger charge is 2.31. The molecule has 8 heteroatoms. The Morgan fingerprint density at radius 3 is 2.61 bits per heavy atom. The van der Waals surface area contributed by atoms with Crippen molar-refractivity contribution in [1.82, 2.24) is 14.2 Å². The Labute approximate surface area is 195 Å². The highest BCUT2D eigenvalue weighted by Crippen LogP contribution is 2.28. The fourth-order valence-electron chi connectivity index (χ4n) is 4.33. The molecule has 2 heterocycles. The van der Waals surface area contributed by atoms with Gasteiger partial charge in [0.05, 0.1) is 11.5 Å². The molecule has 1 aromatic heterocycles. The van der Waals surface area contributed by atoms with Crippen LogP contribution in [0, 0.1) is 5.82 Å². The largest absolute Gasteiger partial charge is 0.494 e. The van der Waals surface area contributed by atoms with Gasteiger partial charge in [-0.1, -0.05) is 12.1 Å². The normalized spacial score (nSPS) is 15.8. The van der Waals surface area contributed by atoms with Crippen molar-refractivity contribution in [2.75, 3.05) is 33.3 Å². The van der Waals surface area contributed by atoms with Gasteiger partial charge in [0.25, 0.3) is 0 Å². The van der Waals surface area contributed by atoms with E-state index in [0.717, 1.165) is 50.7 Å². The maximum atomic E-state index is 13.4. The number of likely N-dealkylation sites (tertiary alicyclic amines) is 1. The predicted molar refractivity (Wildman–Crippen MR) is 127 cm³/mol. The third-order valence-electron chi connectivity index (χ3n) is 6.32. The average Bonchev–Trinajstić information content (AvgIpc) is 2.84. The number of pyridine rings is 1. The summed E-state index contributed by atoms with van der Waals surface area (Å²) in [6.07, 6.45) is 6.87. The van der Waals surface area contributed by atoms with Gasteiger partial charge in [-0.2, -0.15) is 4.31 Å². The maximum absolute atomic E-state index is 13.4. The molecule has 33 heavy (non-hydrogen) atoms. The number of benzene rings is 2. The highest BCUT2D eigenvalue weighted by atomic mass is 32.2. The summed E-state index contributed by atoms with van der Waals surface area (Å²) in [6, 6.07) is 13.2. The first-order valence-corrected chi connectivity index (χ1v) is 12.8. The van der Waals surface area contributed by atoms with Crippen molar-refractivity contribution in [3.8, 4) is 5.75 Å². The van der Waals surface area contributed by atoms with Gasteiger partial charge in [-0.15, -0.1) is 0 Å². The van der Waals surface area contributed by atoms with Crippen LogP contribution in [-0.4, -0.2) is 61.9 Å². The summed E-state index contributed by atoms with van der Waals surface area (Å²) in [7, 11) is -1.89. The maximum Gasteiger partial charge on any atom is 0.243 e. The number of aromatic nitrogens is 1. The number of piperidine rings is 1. The second-order valence-corrected chi connectivity index (χ2v) is 10.4. The summed E-state index contributed by atoms with van der Waals surface area (Å²) < 4.78 is 46.9. The monoisotopic (exact) mass is 471 g/mol. The molecule has 1 saturated heterocycles. The predicted octanol–water partition coefficient (Wildman–Crippen LogP) is 4.32. The molecule has 0 N–H and O–H groups in total. The number of ether oxygens (including phenoxy) is 1. The van der Waals surface area contributed by atoms with Crippen LogP contribution >= 0.6 is 0 Å². The number of nitrogens with zero attached hydrogens (tertiary/aromatic N) is 3. The summed E-state index contributed by atoms with van der Waals surface area (Å²) >= 11 is 0. The van der Waals surface area contributed by atoms with E-state index in [-0.39, 0.29) is 11.9 Å². The fourth-order valence-corrected chi connectivity index (χ4v) is 5.96. The second-order valence-electron chi connectivity index (χ2n) is 8.46. The first-order chi connectivity index (χ1) is 15.9. The van der Waals surface area contributed by atoms with Gasteiger partial charge in [0, 0.05) is 36.3 Å². The van der Waals surface area contributed by atoms with Crippen LogP contribution in [0.1, 0.15) is 25.7 Å². The molecule has 6 nitrogen and oxygen atoms in total. The van der Waals surface area contributed by atoms with Gasteiger partial charge in [0.2, 0.25) is 10.0 Å². The molecule has 3 aromatic rings. The van der Waals surface area contributed by atoms with Crippen LogP contribution in [0.2, 0.25) is 0 Å². The highest BCUT2D eigenvalue weighted by molar-refractivity contribution is 7.89. The van der Waals surface area contributed by atoms with Gasteiger partial charge in [0.15, 0.2) is 0 Å². The van der Waals surface area contributed by atoms with E-state index in [9.17, 15) is 12.8 Å². The fraction of sp³-hybridized carbons (Fsp3) is 0.400. The molecule has 0 saturated carbocycles. The van der Waals surface area contributed by atoms with E-state index in [2.05, 4.69) is 9.88 Å². The van der Waals surface area contributed by atoms with Crippen molar-refractivity contribution in [3.63, 3.8) is 0 Å². The van der Waals surface area contributed by atoms with Gasteiger partial charge in [-0.05, 0) is 81.7 Å². The van der Waals surface area contributed by atoms with E-state index in [1.807, 2.05) is 6.07 Å². The van der Waals surface area contributed by atoms with Crippen LogP contribution in [0.3, 0.4) is 0 Å². The van der Waals surface area contributed by atoms with E-state index in [1.165, 1.54) is 12.1 Å². The molecule has 4 rings (SSSR count). The number of hydrogen-bond donors (Lipinski definition) is 0. The summed E-state index contributed by atoms with van der Waals surface area (Å²) in [5.74, 6) is 0.419. The van der Waals surface area contributed by atoms with E-state index < -0.39 is 10.0 Å². The summed E-state index contributed by atoms with van der Waals surface area (Å²) in [4.78, 5) is 6.83. The van der Waals surface area contributed by atoms with E-state index in [0.29, 0.717) is 22.6 Å². The summed E-state index contributed by atoms with van der Waals surface area (Å²) in [5, 5.41) is 1.53. The molecule has 0 amide bonds. The lowest BCUT2D eigenvalue weighted by Gasteiger charge is -2.36. The average molecular weight is 472 g/mol. The number of hydrogen-bond acceptors (Lipinski definition) is 5. The SMILES string of the molecule is CN(C1CCN(CCCCOc2ccc(F)cc2)CC1)S(=O)(=O)c1cccc2cnccc12. The Bertz CT molecular complexity index is 1160. The van der Waals surface area contributed by atoms with Crippen LogP contribution in [0.4, 0.5) is 4.39 Å². The molecule has 0 unspecified atom stereocenters. The third-order valence-corrected chi connectivity index (χ3v) is 8.29. The standard InChI is InChI=1S/C25H30FN3O3S/c1-28(33(30,31)25-6-4-5-20-19-27-14-11-24(20)25)22-12-16-29(17-13-22)15-2-3-18-32-23-9-7-21(26)8-10-23/h4-11,14,19,22H,2-3,12-13,15-18H2,1H3. The van der Waals surface area contributed by atoms with E-state index in [1.54, 1.807) is 54.1 Å². The van der Waals surface area contributed by atoms with Crippen molar-refractivity contribution in [2.24, 2.45) is 0 Å². The number of unbranched alkanes of at least 4 members (excludes halogenated alkanes) is 1. The van der Waals surface area contributed by atoms with Crippen LogP contribution in [0.25, 0.3) is 10.8 Å². The van der Waals surface area contributed by atoms with E-state index >= 15 is 0 Å². The van der Waals surface area contributed by atoms with Crippen molar-refractivity contribution in [2.45, 2.75) is 36.6 Å². The lowest BCUT2D eigenvalue weighted by molar-refractivity contribution is 0.165. The topological polar surface area (TPSA) is 62.7 Å². The summed E-state index contributed by atoms with van der Waals surface area (Å²) in [5.41, 5.74) is 0. The molecule has 0 aliphatic carbocycles. The molecule has 2 aromatic carbocycles. The molecular weight excluding hydrogens is 441 g/mol. The Balaban J connectivity index is 1.24. The first kappa shape index (κ1) is 23.6. The van der Waals surface area contributed by atoms with Crippen LogP contribution in [-0.2, 0) is 10.0 Å². The zero-order chi connectivity index (χ0) is 23.3. The van der Waals surface area contributed by atoms with Crippen molar-refractivity contribution >= 4 is 20.8 Å². The molecule has 0 atom stereocenters. The Morgan fingerprint density at radius 2 is 1.85 bits per heavy atom. The minimum Gasteiger partial charge on any atom is -0.494 e. The van der Waals surface area contributed by atoms with Crippen LogP contribution < -0.4 is 4.74 Å². The van der Waals surface area contributed by atoms with Crippen LogP contribution in [0.5, 0.6) is 5.75 Å². The number of sulfonamides is 1. The molecule has 1 aliphatic rings. The second kappa shape index (κ2) is 10.6. The molecule has 0 bridgehead atoms. The molecule has 0 radical (unpaired) electrons. The smallest absolute Gasteiger partial charge is 0.243 e. The minimum atomic E-state index is -3.59. The quantitative estimate of drug-likeness (QED) is 0.435. The van der Waals surface area contributed by atoms with Crippen LogP contribution in [0.15, 0.2) is 65.8 Å². The van der Waals surface area contributed by atoms with Crippen molar-refractivity contribution < 1.29 is 17.5 Å². The molecular formula is C25H30FN3O3S. The first-order valence-electron chi connectivity index (χ1n) is 11.4. The molecule has 176 valence electrons. The molecule has 1 fully saturated rings. The van der Waals surface area contributed by atoms with Gasteiger partial charge < -0.3 is 9.64 Å². The number of halogens is 1. The Morgan fingerprint density at radius 1 is 1.09 bits per heavy atom. The molecule has 1 aliphatic heterocycles. The van der Waals surface area contributed by atoms with Gasteiger partial charge in [0.1, 0.15) is 11.6 Å². The number of rotatable bonds is 9. The summed E-state index contributed by atoms with van der Waals surface area (Å²) in [6.45, 7) is 3.32. The zero-order valence-electron chi connectivity index (χ0n) is 18.9. The number of fused-ring (bicyclic) bond motifs is 1. The van der Waals surface area contributed by atoms with E-state index in [4.69, 9.17) is 4.74 Å². The lowest BCUT2D eigenvalue weighted by Crippen LogP contribution is -2.45. The van der Waals surface area contributed by atoms with Crippen molar-refractivity contribution in [3.05, 3.63) is 66.7 Å². The van der Waals surface area contributed by atoms with Gasteiger partial charge in [-0.25, -0.2) is 12.8 Å². The lowest BCUT2D eigenvalue weighted by atomic mass is 10.1. The third kappa shape index (κ3) is 5.69. The zero-order valence-corrected chi connectivity index (χ0v) is 19.7. The van der Waals surface area contributed by atoms with Gasteiger partial charge in [-0.3, -0.25) is 4.98 Å². The molecule has 0 spiro atoms.